The van der Waals surface area contributed by atoms with Crippen molar-refractivity contribution in [1.29, 1.82) is 0 Å². The molecule has 1 fully saturated rings. The molecule has 1 aliphatic rings. The van der Waals surface area contributed by atoms with Crippen molar-refractivity contribution in [3.05, 3.63) is 17.2 Å². The van der Waals surface area contributed by atoms with Crippen LogP contribution in [0.3, 0.4) is 0 Å². The van der Waals surface area contributed by atoms with Crippen molar-refractivity contribution in [3.8, 4) is 0 Å². The molecule has 1 aromatic rings. The highest BCUT2D eigenvalue weighted by atomic mass is 19.4. The van der Waals surface area contributed by atoms with E-state index in [0.717, 1.165) is 12.8 Å². The lowest BCUT2D eigenvalue weighted by Gasteiger charge is -1.99. The summed E-state index contributed by atoms with van der Waals surface area (Å²) >= 11 is 0. The first-order chi connectivity index (χ1) is 6.52. The Hall–Kier alpha value is -1.04. The van der Waals surface area contributed by atoms with Gasteiger partial charge < -0.3 is 10.7 Å². The van der Waals surface area contributed by atoms with Crippen LogP contribution < -0.4 is 5.73 Å². The van der Waals surface area contributed by atoms with Crippen LogP contribution in [0.2, 0.25) is 0 Å². The maximum atomic E-state index is 12.3. The number of H-pyrrole nitrogens is 1. The Morgan fingerprint density at radius 2 is 2.07 bits per heavy atom. The van der Waals surface area contributed by atoms with E-state index in [-0.39, 0.29) is 12.5 Å². The lowest BCUT2D eigenvalue weighted by molar-refractivity contribution is -0.144. The van der Waals surface area contributed by atoms with Crippen LogP contribution in [-0.2, 0) is 12.7 Å². The molecule has 6 heteroatoms. The second-order valence-electron chi connectivity index (χ2n) is 3.43. The molecule has 1 aliphatic carbocycles. The minimum Gasteiger partial charge on any atom is -0.337 e. The number of imidazole rings is 1. The van der Waals surface area contributed by atoms with Gasteiger partial charge in [-0.3, -0.25) is 0 Å². The summed E-state index contributed by atoms with van der Waals surface area (Å²) in [6, 6.07) is 0. The maximum Gasteiger partial charge on any atom is 0.449 e. The van der Waals surface area contributed by atoms with E-state index in [0.29, 0.717) is 11.4 Å². The lowest BCUT2D eigenvalue weighted by atomic mass is 10.2. The Kier molecular flexibility index (Phi) is 2.02. The third-order valence-electron chi connectivity index (χ3n) is 2.25. The Balaban J connectivity index is 2.35. The second-order valence-corrected chi connectivity index (χ2v) is 3.43. The molecule has 0 aromatic carbocycles. The van der Waals surface area contributed by atoms with Gasteiger partial charge in [0, 0.05) is 12.5 Å². The molecule has 3 N–H and O–H groups in total. The van der Waals surface area contributed by atoms with Gasteiger partial charge in [-0.1, -0.05) is 0 Å². The standard InChI is InChI=1S/C8H10F3N3/c9-8(10,11)7-13-5(3-12)6(14-7)4-1-2-4/h4H,1-3,12H2,(H,13,14). The molecule has 0 aliphatic heterocycles. The summed E-state index contributed by atoms with van der Waals surface area (Å²) in [4.78, 5) is 5.79. The van der Waals surface area contributed by atoms with Gasteiger partial charge >= 0.3 is 6.18 Å². The molecule has 1 heterocycles. The molecule has 78 valence electrons. The summed E-state index contributed by atoms with van der Waals surface area (Å²) in [5.74, 6) is -0.749. The summed E-state index contributed by atoms with van der Waals surface area (Å²) in [6.45, 7) is 0.0783. The molecule has 0 radical (unpaired) electrons. The summed E-state index contributed by atoms with van der Waals surface area (Å²) < 4.78 is 36.8. The van der Waals surface area contributed by atoms with Gasteiger partial charge in [0.25, 0.3) is 0 Å². The predicted molar refractivity (Wildman–Crippen MR) is 43.5 cm³/mol. The van der Waals surface area contributed by atoms with E-state index in [9.17, 15) is 13.2 Å². The van der Waals surface area contributed by atoms with Crippen molar-refractivity contribution in [3.63, 3.8) is 0 Å². The van der Waals surface area contributed by atoms with Crippen LogP contribution >= 0.6 is 0 Å². The number of hydrogen-bond acceptors (Lipinski definition) is 2. The van der Waals surface area contributed by atoms with Gasteiger partial charge in [-0.05, 0) is 12.8 Å². The van der Waals surface area contributed by atoms with Crippen LogP contribution in [-0.4, -0.2) is 9.97 Å². The molecule has 3 nitrogen and oxygen atoms in total. The predicted octanol–water partition coefficient (Wildman–Crippen LogP) is 1.76. The van der Waals surface area contributed by atoms with Gasteiger partial charge in [0.2, 0.25) is 5.82 Å². The third kappa shape index (κ3) is 1.61. The SMILES string of the molecule is NCc1[nH]c(C(F)(F)F)nc1C1CC1. The molecule has 1 saturated carbocycles. The van der Waals surface area contributed by atoms with E-state index in [1.165, 1.54) is 0 Å². The Bertz CT molecular complexity index is 338. The van der Waals surface area contributed by atoms with E-state index in [2.05, 4.69) is 9.97 Å². The lowest BCUT2D eigenvalue weighted by Crippen LogP contribution is -2.07. The molecule has 0 amide bonds. The van der Waals surface area contributed by atoms with E-state index in [1.807, 2.05) is 0 Å². The number of nitrogens with zero attached hydrogens (tertiary/aromatic N) is 1. The number of nitrogens with one attached hydrogen (secondary N) is 1. The Morgan fingerprint density at radius 1 is 1.43 bits per heavy atom. The summed E-state index contributed by atoms with van der Waals surface area (Å²) in [5, 5.41) is 0. The second kappa shape index (κ2) is 2.98. The fourth-order valence-corrected chi connectivity index (χ4v) is 1.41. The average molecular weight is 205 g/mol. The molecule has 0 bridgehead atoms. The number of hydrogen-bond donors (Lipinski definition) is 2. The molecular formula is C8H10F3N3. The van der Waals surface area contributed by atoms with Gasteiger partial charge in [-0.25, -0.2) is 4.98 Å². The third-order valence-corrected chi connectivity index (χ3v) is 2.25. The summed E-state index contributed by atoms with van der Waals surface area (Å²) in [6.07, 6.45) is -2.58. The fourth-order valence-electron chi connectivity index (χ4n) is 1.41. The monoisotopic (exact) mass is 205 g/mol. The average Bonchev–Trinajstić information content (AvgIpc) is 2.82. The zero-order chi connectivity index (χ0) is 10.3. The van der Waals surface area contributed by atoms with Crippen LogP contribution in [0.5, 0.6) is 0 Å². The highest BCUT2D eigenvalue weighted by Gasteiger charge is 2.38. The van der Waals surface area contributed by atoms with Crippen LogP contribution in [0, 0.1) is 0 Å². The first kappa shape index (κ1) is 9.51. The van der Waals surface area contributed by atoms with E-state index >= 15 is 0 Å². The first-order valence-corrected chi connectivity index (χ1v) is 4.38. The normalized spacial score (nSPS) is 17.4. The van der Waals surface area contributed by atoms with E-state index < -0.39 is 12.0 Å². The maximum absolute atomic E-state index is 12.3. The molecule has 0 unspecified atom stereocenters. The van der Waals surface area contributed by atoms with Gasteiger partial charge in [0.05, 0.1) is 11.4 Å². The minimum absolute atomic E-state index is 0.0783. The zero-order valence-corrected chi connectivity index (χ0v) is 7.36. The molecule has 1 aromatic heterocycles. The van der Waals surface area contributed by atoms with Crippen LogP contribution in [0.4, 0.5) is 13.2 Å². The minimum atomic E-state index is -4.41. The van der Waals surface area contributed by atoms with Gasteiger partial charge in [-0.15, -0.1) is 0 Å². The number of aromatic amines is 1. The van der Waals surface area contributed by atoms with Crippen molar-refractivity contribution in [2.45, 2.75) is 31.5 Å². The van der Waals surface area contributed by atoms with Crippen LogP contribution in [0.25, 0.3) is 0 Å². The van der Waals surface area contributed by atoms with Crippen molar-refractivity contribution >= 4 is 0 Å². The molecule has 2 rings (SSSR count). The van der Waals surface area contributed by atoms with Crippen LogP contribution in [0.15, 0.2) is 0 Å². The summed E-state index contributed by atoms with van der Waals surface area (Å²) in [7, 11) is 0. The van der Waals surface area contributed by atoms with Gasteiger partial charge in [0.15, 0.2) is 0 Å². The topological polar surface area (TPSA) is 54.7 Å². The Labute approximate surface area is 78.5 Å². The largest absolute Gasteiger partial charge is 0.449 e. The van der Waals surface area contributed by atoms with Crippen molar-refractivity contribution in [2.24, 2.45) is 5.73 Å². The zero-order valence-electron chi connectivity index (χ0n) is 7.36. The van der Waals surface area contributed by atoms with Gasteiger partial charge in [-0.2, -0.15) is 13.2 Å². The van der Waals surface area contributed by atoms with Crippen molar-refractivity contribution in [2.75, 3.05) is 0 Å². The number of aromatic nitrogens is 2. The number of rotatable bonds is 2. The Morgan fingerprint density at radius 3 is 2.50 bits per heavy atom. The first-order valence-electron chi connectivity index (χ1n) is 4.38. The highest BCUT2D eigenvalue weighted by Crippen LogP contribution is 2.41. The molecule has 14 heavy (non-hydrogen) atoms. The quantitative estimate of drug-likeness (QED) is 0.773. The van der Waals surface area contributed by atoms with Crippen molar-refractivity contribution in [1.82, 2.24) is 9.97 Å². The van der Waals surface area contributed by atoms with Crippen LogP contribution in [0.1, 0.15) is 36.0 Å². The van der Waals surface area contributed by atoms with Gasteiger partial charge in [0.1, 0.15) is 0 Å². The number of halogens is 3. The van der Waals surface area contributed by atoms with Crippen molar-refractivity contribution < 1.29 is 13.2 Å². The smallest absolute Gasteiger partial charge is 0.337 e. The summed E-state index contributed by atoms with van der Waals surface area (Å²) in [5.41, 5.74) is 6.25. The van der Waals surface area contributed by atoms with E-state index in [4.69, 9.17) is 5.73 Å². The molecule has 0 atom stereocenters. The fraction of sp³-hybridized carbons (Fsp3) is 0.625. The van der Waals surface area contributed by atoms with E-state index in [1.54, 1.807) is 0 Å². The molecule has 0 saturated heterocycles. The molecular weight excluding hydrogens is 195 g/mol. The highest BCUT2D eigenvalue weighted by molar-refractivity contribution is 5.23. The molecule has 0 spiro atoms. The number of alkyl halides is 3. The number of nitrogens with two attached hydrogens (primary N) is 1.